The first-order valence-corrected chi connectivity index (χ1v) is 10.9. The van der Waals surface area contributed by atoms with Gasteiger partial charge in [0.2, 0.25) is 5.95 Å². The van der Waals surface area contributed by atoms with Crippen molar-refractivity contribution in [3.63, 3.8) is 0 Å². The molecule has 0 spiro atoms. The van der Waals surface area contributed by atoms with E-state index in [1.807, 2.05) is 0 Å². The minimum atomic E-state index is 0.584. The zero-order chi connectivity index (χ0) is 18.4. The first-order chi connectivity index (χ1) is 13.2. The second-order valence-electron chi connectivity index (χ2n) is 8.05. The summed E-state index contributed by atoms with van der Waals surface area (Å²) in [5.41, 5.74) is 3.33. The van der Waals surface area contributed by atoms with Crippen LogP contribution in [-0.2, 0) is 5.75 Å². The van der Waals surface area contributed by atoms with Crippen molar-refractivity contribution in [3.05, 3.63) is 35.8 Å². The van der Waals surface area contributed by atoms with E-state index < -0.39 is 0 Å². The minimum absolute atomic E-state index is 0.584. The molecule has 1 saturated carbocycles. The van der Waals surface area contributed by atoms with Gasteiger partial charge in [0.05, 0.1) is 5.69 Å². The van der Waals surface area contributed by atoms with Gasteiger partial charge in [-0.3, -0.25) is 4.57 Å². The van der Waals surface area contributed by atoms with E-state index in [1.165, 1.54) is 31.2 Å². The number of nitrogens with zero attached hydrogens (tertiary/aromatic N) is 6. The van der Waals surface area contributed by atoms with Gasteiger partial charge in [-0.15, -0.1) is 10.2 Å². The van der Waals surface area contributed by atoms with Crippen LogP contribution in [0.1, 0.15) is 49.9 Å². The monoisotopic (exact) mass is 382 g/mol. The molecule has 0 atom stereocenters. The van der Waals surface area contributed by atoms with E-state index in [1.54, 1.807) is 11.8 Å². The van der Waals surface area contributed by atoms with E-state index in [-0.39, 0.29) is 0 Å². The van der Waals surface area contributed by atoms with Crippen molar-refractivity contribution in [2.45, 2.75) is 56.5 Å². The molecule has 4 heterocycles. The molecule has 3 aromatic heterocycles. The Morgan fingerprint density at radius 1 is 1.07 bits per heavy atom. The maximum atomic E-state index is 4.74. The Kier molecular flexibility index (Phi) is 4.34. The average Bonchev–Trinajstić information content (AvgIpc) is 3.28. The smallest absolute Gasteiger partial charge is 0.228 e. The van der Waals surface area contributed by atoms with Gasteiger partial charge in [0, 0.05) is 37.3 Å². The molecule has 3 aromatic rings. The van der Waals surface area contributed by atoms with Crippen LogP contribution >= 0.6 is 11.8 Å². The fourth-order valence-electron chi connectivity index (χ4n) is 3.81. The molecule has 2 aliphatic rings. The third-order valence-corrected chi connectivity index (χ3v) is 6.60. The molecule has 0 amide bonds. The second kappa shape index (κ2) is 6.86. The Balaban J connectivity index is 1.35. The molecule has 1 saturated heterocycles. The first kappa shape index (κ1) is 17.1. The molecule has 142 valence electrons. The van der Waals surface area contributed by atoms with Gasteiger partial charge in [0.15, 0.2) is 5.16 Å². The highest BCUT2D eigenvalue weighted by Gasteiger charge is 2.32. The van der Waals surface area contributed by atoms with E-state index in [4.69, 9.17) is 4.98 Å². The van der Waals surface area contributed by atoms with Crippen molar-refractivity contribution >= 4 is 23.4 Å². The van der Waals surface area contributed by atoms with Crippen LogP contribution in [0.4, 0.5) is 5.95 Å². The summed E-state index contributed by atoms with van der Waals surface area (Å²) < 4.78 is 4.50. The van der Waals surface area contributed by atoms with E-state index >= 15 is 0 Å². The lowest BCUT2D eigenvalue weighted by Crippen LogP contribution is -2.34. The number of rotatable bonds is 5. The number of anilines is 1. The second-order valence-corrected chi connectivity index (χ2v) is 8.99. The van der Waals surface area contributed by atoms with Gasteiger partial charge in [0.1, 0.15) is 5.65 Å². The number of pyridine rings is 1. The first-order valence-electron chi connectivity index (χ1n) is 9.94. The van der Waals surface area contributed by atoms with Crippen molar-refractivity contribution in [1.29, 1.82) is 0 Å². The maximum Gasteiger partial charge on any atom is 0.228 e. The molecular weight excluding hydrogens is 356 g/mol. The van der Waals surface area contributed by atoms with E-state index in [2.05, 4.69) is 62.4 Å². The van der Waals surface area contributed by atoms with Crippen molar-refractivity contribution in [2.24, 2.45) is 5.92 Å². The minimum Gasteiger partial charge on any atom is -0.341 e. The Morgan fingerprint density at radius 3 is 2.67 bits per heavy atom. The Bertz CT molecular complexity index is 949. The average molecular weight is 383 g/mol. The Morgan fingerprint density at radius 2 is 1.89 bits per heavy atom. The van der Waals surface area contributed by atoms with E-state index in [0.717, 1.165) is 47.2 Å². The molecule has 6 nitrogen and oxygen atoms in total. The number of fused-ring (bicyclic) bond motifs is 1. The quantitative estimate of drug-likeness (QED) is 0.622. The van der Waals surface area contributed by atoms with E-state index in [9.17, 15) is 0 Å². The van der Waals surface area contributed by atoms with Gasteiger partial charge >= 0.3 is 0 Å². The Hall–Kier alpha value is -2.02. The maximum absolute atomic E-state index is 4.74. The van der Waals surface area contributed by atoms with Gasteiger partial charge < -0.3 is 9.30 Å². The van der Waals surface area contributed by atoms with Gasteiger partial charge in [-0.2, -0.15) is 0 Å². The lowest BCUT2D eigenvalue weighted by Gasteiger charge is -2.31. The SMILES string of the molecule is Cc1ccc2nc(CSc3nnc(N4CCC(C)CC4)n3C3CC3)cn2c1. The van der Waals surface area contributed by atoms with Crippen LogP contribution in [0.15, 0.2) is 29.7 Å². The number of aromatic nitrogens is 5. The standard InChI is InChI=1S/C20H26N6S/c1-14-7-9-24(10-8-14)19-22-23-20(26(19)17-4-5-17)27-13-16-12-25-11-15(2)3-6-18(25)21-16/h3,6,11-12,14,17H,4-5,7-10,13H2,1-2H3. The van der Waals surface area contributed by atoms with Gasteiger partial charge in [-0.1, -0.05) is 24.8 Å². The lowest BCUT2D eigenvalue weighted by molar-refractivity contribution is 0.429. The van der Waals surface area contributed by atoms with Crippen molar-refractivity contribution in [1.82, 2.24) is 24.1 Å². The predicted octanol–water partition coefficient (Wildman–Crippen LogP) is 4.10. The summed E-state index contributed by atoms with van der Waals surface area (Å²) in [5, 5.41) is 10.2. The van der Waals surface area contributed by atoms with Crippen LogP contribution in [0.3, 0.4) is 0 Å². The number of hydrogen-bond donors (Lipinski definition) is 0. The van der Waals surface area contributed by atoms with Crippen molar-refractivity contribution in [3.8, 4) is 0 Å². The zero-order valence-corrected chi connectivity index (χ0v) is 16.8. The third-order valence-electron chi connectivity index (χ3n) is 5.62. The number of hydrogen-bond acceptors (Lipinski definition) is 5. The fourth-order valence-corrected chi connectivity index (χ4v) is 4.69. The summed E-state index contributed by atoms with van der Waals surface area (Å²) in [7, 11) is 0. The van der Waals surface area contributed by atoms with Crippen LogP contribution in [0.2, 0.25) is 0 Å². The van der Waals surface area contributed by atoms with Crippen LogP contribution in [0, 0.1) is 12.8 Å². The zero-order valence-electron chi connectivity index (χ0n) is 16.0. The molecular formula is C20H26N6S. The van der Waals surface area contributed by atoms with Gasteiger partial charge in [-0.25, -0.2) is 4.98 Å². The van der Waals surface area contributed by atoms with Crippen LogP contribution in [-0.4, -0.2) is 37.2 Å². The molecule has 1 aliphatic heterocycles. The number of imidazole rings is 1. The molecule has 27 heavy (non-hydrogen) atoms. The molecule has 0 bridgehead atoms. The summed E-state index contributed by atoms with van der Waals surface area (Å²) in [4.78, 5) is 7.17. The summed E-state index contributed by atoms with van der Waals surface area (Å²) in [6.45, 7) is 6.65. The largest absolute Gasteiger partial charge is 0.341 e. The molecule has 7 heteroatoms. The lowest BCUT2D eigenvalue weighted by atomic mass is 10.00. The summed E-state index contributed by atoms with van der Waals surface area (Å²) in [6, 6.07) is 4.76. The highest BCUT2D eigenvalue weighted by atomic mass is 32.2. The molecule has 0 N–H and O–H groups in total. The topological polar surface area (TPSA) is 51.2 Å². The van der Waals surface area contributed by atoms with Crippen molar-refractivity contribution in [2.75, 3.05) is 18.0 Å². The predicted molar refractivity (Wildman–Crippen MR) is 108 cm³/mol. The van der Waals surface area contributed by atoms with Crippen molar-refractivity contribution < 1.29 is 0 Å². The Labute approximate surface area is 164 Å². The summed E-state index contributed by atoms with van der Waals surface area (Å²) >= 11 is 1.76. The molecule has 0 radical (unpaired) electrons. The number of aryl methyl sites for hydroxylation is 1. The van der Waals surface area contributed by atoms with Crippen LogP contribution in [0.5, 0.6) is 0 Å². The molecule has 2 fully saturated rings. The van der Waals surface area contributed by atoms with Gasteiger partial charge in [0.25, 0.3) is 0 Å². The van der Waals surface area contributed by atoms with Gasteiger partial charge in [-0.05, 0) is 50.2 Å². The fraction of sp³-hybridized carbons (Fsp3) is 0.550. The third kappa shape index (κ3) is 3.45. The highest BCUT2D eigenvalue weighted by molar-refractivity contribution is 7.98. The van der Waals surface area contributed by atoms with Crippen LogP contribution in [0.25, 0.3) is 5.65 Å². The summed E-state index contributed by atoms with van der Waals surface area (Å²) in [5.74, 6) is 2.73. The molecule has 0 unspecified atom stereocenters. The number of thioether (sulfide) groups is 1. The van der Waals surface area contributed by atoms with Crippen LogP contribution < -0.4 is 4.90 Å². The van der Waals surface area contributed by atoms with E-state index in [0.29, 0.717) is 6.04 Å². The molecule has 1 aliphatic carbocycles. The molecule has 5 rings (SSSR count). The number of piperidine rings is 1. The summed E-state index contributed by atoms with van der Waals surface area (Å²) in [6.07, 6.45) is 9.24. The molecule has 0 aromatic carbocycles. The normalized spacial score (nSPS) is 18.5. The highest BCUT2D eigenvalue weighted by Crippen LogP contribution is 2.41.